The van der Waals surface area contributed by atoms with Gasteiger partial charge in [0.1, 0.15) is 5.82 Å². The summed E-state index contributed by atoms with van der Waals surface area (Å²) >= 11 is 0. The summed E-state index contributed by atoms with van der Waals surface area (Å²) in [5, 5.41) is 12.1. The van der Waals surface area contributed by atoms with Gasteiger partial charge >= 0.3 is 0 Å². The average Bonchev–Trinajstić information content (AvgIpc) is 2.95. The van der Waals surface area contributed by atoms with Crippen molar-refractivity contribution in [2.24, 2.45) is 0 Å². The molecule has 0 fully saturated rings. The number of aromatic nitrogens is 2. The van der Waals surface area contributed by atoms with Crippen molar-refractivity contribution in [3.63, 3.8) is 0 Å². The van der Waals surface area contributed by atoms with Crippen molar-refractivity contribution < 1.29 is 9.47 Å². The van der Waals surface area contributed by atoms with Crippen molar-refractivity contribution in [1.29, 1.82) is 5.41 Å². The minimum atomic E-state index is 0.252. The van der Waals surface area contributed by atoms with Crippen molar-refractivity contribution in [2.45, 2.75) is 6.54 Å². The van der Waals surface area contributed by atoms with Crippen molar-refractivity contribution >= 4 is 16.7 Å². The van der Waals surface area contributed by atoms with Crippen LogP contribution in [0, 0.1) is 5.41 Å². The molecule has 1 aromatic heterocycles. The van der Waals surface area contributed by atoms with Gasteiger partial charge in [0.25, 0.3) is 0 Å². The van der Waals surface area contributed by atoms with Crippen LogP contribution in [-0.2, 0) is 6.54 Å². The second-order valence-corrected chi connectivity index (χ2v) is 4.09. The van der Waals surface area contributed by atoms with Gasteiger partial charge in [-0.05, 0) is 6.07 Å². The van der Waals surface area contributed by atoms with Gasteiger partial charge in [-0.15, -0.1) is 0 Å². The van der Waals surface area contributed by atoms with Crippen LogP contribution in [0.4, 0.5) is 5.82 Å². The van der Waals surface area contributed by atoms with Crippen LogP contribution in [0.15, 0.2) is 12.1 Å². The van der Waals surface area contributed by atoms with Gasteiger partial charge in [0, 0.05) is 24.5 Å². The molecule has 0 unspecified atom stereocenters. The first-order valence-corrected chi connectivity index (χ1v) is 5.45. The van der Waals surface area contributed by atoms with Crippen LogP contribution in [-0.4, -0.2) is 22.9 Å². The van der Waals surface area contributed by atoms with Crippen molar-refractivity contribution in [2.75, 3.05) is 18.7 Å². The number of hydrogen-bond acceptors (Lipinski definition) is 5. The van der Waals surface area contributed by atoms with E-state index in [0.29, 0.717) is 5.75 Å². The zero-order chi connectivity index (χ0) is 11.4. The first-order chi connectivity index (χ1) is 8.33. The van der Waals surface area contributed by atoms with E-state index in [4.69, 9.17) is 14.9 Å². The highest BCUT2D eigenvalue weighted by Crippen LogP contribution is 2.37. The van der Waals surface area contributed by atoms with E-state index in [1.165, 1.54) is 0 Å². The van der Waals surface area contributed by atoms with Crippen LogP contribution in [0.1, 0.15) is 0 Å². The summed E-state index contributed by atoms with van der Waals surface area (Å²) in [6, 6.07) is 3.75. The molecule has 0 radical (unpaired) electrons. The maximum Gasteiger partial charge on any atom is 0.231 e. The lowest BCUT2D eigenvalue weighted by Gasteiger charge is -2.08. The fraction of sp³-hybridized carbons (Fsp3) is 0.273. The molecule has 0 aliphatic carbocycles. The summed E-state index contributed by atoms with van der Waals surface area (Å²) in [5.41, 5.74) is 1.04. The maximum atomic E-state index is 7.87. The van der Waals surface area contributed by atoms with Crippen molar-refractivity contribution in [3.8, 4) is 11.5 Å². The van der Waals surface area contributed by atoms with Crippen LogP contribution < -0.4 is 20.4 Å². The molecule has 0 amide bonds. The van der Waals surface area contributed by atoms with E-state index < -0.39 is 0 Å². The Kier molecular flexibility index (Phi) is 1.52. The Morgan fingerprint density at radius 3 is 3.00 bits per heavy atom. The summed E-state index contributed by atoms with van der Waals surface area (Å²) in [6.07, 6.45) is 0. The summed E-state index contributed by atoms with van der Waals surface area (Å²) in [6.45, 7) is 1.87. The average molecular weight is 230 g/mol. The highest BCUT2D eigenvalue weighted by Gasteiger charge is 2.20. The lowest BCUT2D eigenvalue weighted by Crippen LogP contribution is -2.21. The Morgan fingerprint density at radius 1 is 1.29 bits per heavy atom. The molecule has 17 heavy (non-hydrogen) atoms. The van der Waals surface area contributed by atoms with Crippen molar-refractivity contribution in [1.82, 2.24) is 9.55 Å². The summed E-state index contributed by atoms with van der Waals surface area (Å²) in [4.78, 5) is 4.28. The zero-order valence-corrected chi connectivity index (χ0v) is 8.99. The molecule has 3 heterocycles. The Labute approximate surface area is 96.3 Å². The van der Waals surface area contributed by atoms with E-state index in [2.05, 4.69) is 10.3 Å². The minimum Gasteiger partial charge on any atom is -0.454 e. The summed E-state index contributed by atoms with van der Waals surface area (Å²) < 4.78 is 12.5. The largest absolute Gasteiger partial charge is 0.454 e. The van der Waals surface area contributed by atoms with Gasteiger partial charge in [0.15, 0.2) is 11.5 Å². The number of hydrogen-bond donors (Lipinski definition) is 2. The quantitative estimate of drug-likeness (QED) is 0.697. The standard InChI is InChI=1S/C11H10N4O2/c12-11-14-7-4-9-8(16-5-17-9)3-6(7)10-13-1-2-15(10)11/h3-4,12-13H,1-2,5H2. The predicted octanol–water partition coefficient (Wildman–Crippen LogP) is 0.670. The van der Waals surface area contributed by atoms with E-state index in [1.807, 2.05) is 16.7 Å². The molecule has 4 rings (SSSR count). The highest BCUT2D eigenvalue weighted by molar-refractivity contribution is 5.92. The molecule has 86 valence electrons. The Balaban J connectivity index is 2.14. The third-order valence-electron chi connectivity index (χ3n) is 3.13. The fourth-order valence-electron chi connectivity index (χ4n) is 2.33. The van der Waals surface area contributed by atoms with Gasteiger partial charge in [0.2, 0.25) is 12.4 Å². The molecule has 0 saturated heterocycles. The van der Waals surface area contributed by atoms with Crippen LogP contribution in [0.2, 0.25) is 0 Å². The third kappa shape index (κ3) is 1.09. The molecule has 0 bridgehead atoms. The van der Waals surface area contributed by atoms with E-state index in [-0.39, 0.29) is 12.4 Å². The normalized spacial score (nSPS) is 16.0. The van der Waals surface area contributed by atoms with Gasteiger partial charge < -0.3 is 14.8 Å². The van der Waals surface area contributed by atoms with E-state index >= 15 is 0 Å². The van der Waals surface area contributed by atoms with E-state index in [0.717, 1.165) is 35.6 Å². The molecule has 0 saturated carbocycles. The molecule has 0 spiro atoms. The number of rotatable bonds is 0. The number of anilines is 1. The Hall–Kier alpha value is -2.24. The molecule has 2 aromatic rings. The maximum absolute atomic E-state index is 7.87. The van der Waals surface area contributed by atoms with Gasteiger partial charge in [-0.3, -0.25) is 9.98 Å². The number of nitrogens with one attached hydrogen (secondary N) is 2. The topological polar surface area (TPSA) is 72.2 Å². The van der Waals surface area contributed by atoms with Gasteiger partial charge in [0.05, 0.1) is 5.52 Å². The molecule has 1 aromatic carbocycles. The molecule has 2 aliphatic heterocycles. The summed E-state index contributed by atoms with van der Waals surface area (Å²) in [5.74, 6) is 2.39. The lowest BCUT2D eigenvalue weighted by atomic mass is 10.2. The molecule has 6 heteroatoms. The van der Waals surface area contributed by atoms with Crippen LogP contribution in [0.25, 0.3) is 10.9 Å². The fourth-order valence-corrected chi connectivity index (χ4v) is 2.33. The van der Waals surface area contributed by atoms with Gasteiger partial charge in [-0.25, -0.2) is 4.98 Å². The first-order valence-electron chi connectivity index (χ1n) is 5.45. The molecular weight excluding hydrogens is 220 g/mol. The number of nitrogens with zero attached hydrogens (tertiary/aromatic N) is 2. The van der Waals surface area contributed by atoms with E-state index in [9.17, 15) is 0 Å². The molecular formula is C11H10N4O2. The lowest BCUT2D eigenvalue weighted by molar-refractivity contribution is 0.174. The minimum absolute atomic E-state index is 0.252. The number of ether oxygens (including phenoxy) is 2. The monoisotopic (exact) mass is 230 g/mol. The molecule has 2 N–H and O–H groups in total. The van der Waals surface area contributed by atoms with Crippen LogP contribution in [0.3, 0.4) is 0 Å². The SMILES string of the molecule is N=c1nc2cc3c(cc2c2n1CCN2)OCO3. The molecule has 2 aliphatic rings. The Bertz CT molecular complexity index is 692. The smallest absolute Gasteiger partial charge is 0.231 e. The number of benzene rings is 1. The van der Waals surface area contributed by atoms with Gasteiger partial charge in [-0.2, -0.15) is 0 Å². The van der Waals surface area contributed by atoms with Crippen molar-refractivity contribution in [3.05, 3.63) is 17.8 Å². The van der Waals surface area contributed by atoms with Gasteiger partial charge in [-0.1, -0.05) is 0 Å². The second kappa shape index (κ2) is 2.91. The first kappa shape index (κ1) is 8.86. The molecule has 6 nitrogen and oxygen atoms in total. The zero-order valence-electron chi connectivity index (χ0n) is 8.99. The van der Waals surface area contributed by atoms with Crippen LogP contribution >= 0.6 is 0 Å². The highest BCUT2D eigenvalue weighted by atomic mass is 16.7. The summed E-state index contributed by atoms with van der Waals surface area (Å²) in [7, 11) is 0. The second-order valence-electron chi connectivity index (χ2n) is 4.09. The number of fused-ring (bicyclic) bond motifs is 4. The third-order valence-corrected chi connectivity index (χ3v) is 3.13. The van der Waals surface area contributed by atoms with E-state index in [1.54, 1.807) is 0 Å². The van der Waals surface area contributed by atoms with Crippen LogP contribution in [0.5, 0.6) is 11.5 Å². The molecule has 0 atom stereocenters. The predicted molar refractivity (Wildman–Crippen MR) is 60.2 cm³/mol. The Morgan fingerprint density at radius 2 is 2.12 bits per heavy atom.